The van der Waals surface area contributed by atoms with Gasteiger partial charge in [-0.3, -0.25) is 9.79 Å². The van der Waals surface area contributed by atoms with Gasteiger partial charge in [0.2, 0.25) is 0 Å². The van der Waals surface area contributed by atoms with Crippen molar-refractivity contribution >= 4 is 35.8 Å². The molecule has 7 heteroatoms. The van der Waals surface area contributed by atoms with Gasteiger partial charge in [-0.05, 0) is 44.5 Å². The lowest BCUT2D eigenvalue weighted by atomic mass is 10.2. The summed E-state index contributed by atoms with van der Waals surface area (Å²) in [6, 6.07) is 7.39. The number of halogens is 1. The second-order valence-electron chi connectivity index (χ2n) is 5.20. The number of hydrogen-bond acceptors (Lipinski definition) is 3. The molecule has 1 rings (SSSR count). The van der Waals surface area contributed by atoms with Crippen LogP contribution in [0.4, 0.5) is 0 Å². The molecule has 0 aliphatic heterocycles. The first-order valence-corrected chi connectivity index (χ1v) is 8.07. The summed E-state index contributed by atoms with van der Waals surface area (Å²) in [5, 5.41) is 9.36. The van der Waals surface area contributed by atoms with Crippen LogP contribution in [0.15, 0.2) is 29.3 Å². The molecule has 136 valence electrons. The number of aliphatic imine (C=N–C) groups is 1. The minimum Gasteiger partial charge on any atom is -0.497 e. The zero-order chi connectivity index (χ0) is 17.1. The van der Waals surface area contributed by atoms with Gasteiger partial charge in [-0.2, -0.15) is 0 Å². The maximum Gasteiger partial charge on any atom is 0.251 e. The van der Waals surface area contributed by atoms with Crippen LogP contribution in [0.2, 0.25) is 0 Å². The molecular formula is C17H29IN4O2. The lowest BCUT2D eigenvalue weighted by Gasteiger charge is -2.16. The highest BCUT2D eigenvalue weighted by Gasteiger charge is 2.05. The van der Waals surface area contributed by atoms with Crippen LogP contribution < -0.4 is 20.7 Å². The monoisotopic (exact) mass is 448 g/mol. The molecule has 0 bridgehead atoms. The molecule has 0 saturated carbocycles. The Hall–Kier alpha value is -1.51. The summed E-state index contributed by atoms with van der Waals surface area (Å²) in [4.78, 5) is 16.5. The van der Waals surface area contributed by atoms with Crippen LogP contribution in [-0.4, -0.2) is 44.7 Å². The van der Waals surface area contributed by atoms with Crippen molar-refractivity contribution in [3.05, 3.63) is 29.8 Å². The third kappa shape index (κ3) is 8.37. The van der Waals surface area contributed by atoms with E-state index in [0.717, 1.165) is 24.7 Å². The van der Waals surface area contributed by atoms with E-state index >= 15 is 0 Å². The fraction of sp³-hybridized carbons (Fsp3) is 0.529. The molecule has 0 spiro atoms. The topological polar surface area (TPSA) is 74.8 Å². The first kappa shape index (κ1) is 22.5. The molecule has 1 unspecified atom stereocenters. The smallest absolute Gasteiger partial charge is 0.251 e. The van der Waals surface area contributed by atoms with Gasteiger partial charge < -0.3 is 20.7 Å². The Kier molecular flexibility index (Phi) is 12.0. The van der Waals surface area contributed by atoms with Crippen molar-refractivity contribution in [1.29, 1.82) is 0 Å². The zero-order valence-electron chi connectivity index (χ0n) is 14.9. The van der Waals surface area contributed by atoms with Crippen LogP contribution in [0.3, 0.4) is 0 Å². The summed E-state index contributed by atoms with van der Waals surface area (Å²) >= 11 is 0. The Morgan fingerprint density at radius 1 is 1.21 bits per heavy atom. The summed E-state index contributed by atoms with van der Waals surface area (Å²) < 4.78 is 5.07. The van der Waals surface area contributed by atoms with E-state index in [1.165, 1.54) is 0 Å². The zero-order valence-corrected chi connectivity index (χ0v) is 17.2. The Balaban J connectivity index is 0.00000529. The van der Waals surface area contributed by atoms with E-state index in [0.29, 0.717) is 24.7 Å². The molecule has 0 aliphatic rings. The van der Waals surface area contributed by atoms with Gasteiger partial charge in [-0.25, -0.2) is 0 Å². The molecule has 0 fully saturated rings. The van der Waals surface area contributed by atoms with Crippen molar-refractivity contribution in [3.8, 4) is 5.75 Å². The van der Waals surface area contributed by atoms with Crippen molar-refractivity contribution in [1.82, 2.24) is 16.0 Å². The molecule has 1 aromatic carbocycles. The average molecular weight is 448 g/mol. The summed E-state index contributed by atoms with van der Waals surface area (Å²) in [5.74, 6) is 1.40. The first-order valence-electron chi connectivity index (χ1n) is 8.07. The number of nitrogens with zero attached hydrogens (tertiary/aromatic N) is 1. The van der Waals surface area contributed by atoms with Gasteiger partial charge in [0.25, 0.3) is 5.91 Å². The van der Waals surface area contributed by atoms with E-state index < -0.39 is 0 Å². The van der Waals surface area contributed by atoms with E-state index in [-0.39, 0.29) is 29.9 Å². The maximum absolute atomic E-state index is 12.0. The van der Waals surface area contributed by atoms with E-state index in [9.17, 15) is 4.79 Å². The van der Waals surface area contributed by atoms with Crippen LogP contribution in [0, 0.1) is 0 Å². The van der Waals surface area contributed by atoms with Gasteiger partial charge >= 0.3 is 0 Å². The number of hydrogen-bond donors (Lipinski definition) is 3. The van der Waals surface area contributed by atoms with E-state index in [2.05, 4.69) is 34.8 Å². The minimum atomic E-state index is -0.109. The van der Waals surface area contributed by atoms with Crippen LogP contribution in [0.25, 0.3) is 0 Å². The molecule has 0 saturated heterocycles. The fourth-order valence-corrected chi connectivity index (χ4v) is 1.84. The predicted octanol–water partition coefficient (Wildman–Crippen LogP) is 2.40. The number of rotatable bonds is 8. The standard InChI is InChI=1S/C17H28N4O2.HI/c1-5-13(3)21-17(18-6-2)20-12-11-19-16(22)14-7-9-15(23-4)10-8-14;/h7-10,13H,5-6,11-12H2,1-4H3,(H,19,22)(H2,18,20,21);1H. The van der Waals surface area contributed by atoms with Crippen molar-refractivity contribution in [2.45, 2.75) is 33.2 Å². The van der Waals surface area contributed by atoms with Gasteiger partial charge in [-0.1, -0.05) is 6.92 Å². The van der Waals surface area contributed by atoms with E-state index in [1.807, 2.05) is 6.92 Å². The molecule has 1 amide bonds. The van der Waals surface area contributed by atoms with Crippen LogP contribution in [0.1, 0.15) is 37.6 Å². The summed E-state index contributed by atoms with van der Waals surface area (Å²) in [5.41, 5.74) is 0.611. The molecule has 0 radical (unpaired) electrons. The molecule has 1 aromatic rings. The lowest BCUT2D eigenvalue weighted by molar-refractivity contribution is 0.0955. The number of methoxy groups -OCH3 is 1. The molecule has 1 atom stereocenters. The van der Waals surface area contributed by atoms with Crippen molar-refractivity contribution in [2.24, 2.45) is 4.99 Å². The molecule has 3 N–H and O–H groups in total. The number of benzene rings is 1. The van der Waals surface area contributed by atoms with Crippen LogP contribution in [0.5, 0.6) is 5.75 Å². The van der Waals surface area contributed by atoms with Crippen molar-refractivity contribution in [3.63, 3.8) is 0 Å². The fourth-order valence-electron chi connectivity index (χ4n) is 1.84. The third-order valence-electron chi connectivity index (χ3n) is 3.36. The Morgan fingerprint density at radius 3 is 2.42 bits per heavy atom. The average Bonchev–Trinajstić information content (AvgIpc) is 2.58. The van der Waals surface area contributed by atoms with Gasteiger partial charge in [-0.15, -0.1) is 24.0 Å². The van der Waals surface area contributed by atoms with E-state index in [1.54, 1.807) is 31.4 Å². The molecule has 0 aromatic heterocycles. The molecule has 24 heavy (non-hydrogen) atoms. The number of nitrogens with one attached hydrogen (secondary N) is 3. The summed E-state index contributed by atoms with van der Waals surface area (Å²) in [6.45, 7) is 8.07. The number of carbonyl (C=O) groups is 1. The van der Waals surface area contributed by atoms with Gasteiger partial charge in [0, 0.05) is 24.7 Å². The van der Waals surface area contributed by atoms with Crippen LogP contribution in [-0.2, 0) is 0 Å². The summed E-state index contributed by atoms with van der Waals surface area (Å²) in [7, 11) is 1.60. The lowest BCUT2D eigenvalue weighted by Crippen LogP contribution is -2.42. The summed E-state index contributed by atoms with van der Waals surface area (Å²) in [6.07, 6.45) is 1.03. The van der Waals surface area contributed by atoms with Gasteiger partial charge in [0.15, 0.2) is 5.96 Å². The largest absolute Gasteiger partial charge is 0.497 e. The van der Waals surface area contributed by atoms with Crippen LogP contribution >= 0.6 is 24.0 Å². The van der Waals surface area contributed by atoms with Gasteiger partial charge in [0.1, 0.15) is 5.75 Å². The highest BCUT2D eigenvalue weighted by molar-refractivity contribution is 14.0. The third-order valence-corrected chi connectivity index (χ3v) is 3.36. The number of carbonyl (C=O) groups excluding carboxylic acids is 1. The Labute approximate surface area is 161 Å². The molecule has 6 nitrogen and oxygen atoms in total. The molecule has 0 aliphatic carbocycles. The minimum absolute atomic E-state index is 0. The highest BCUT2D eigenvalue weighted by Crippen LogP contribution is 2.10. The van der Waals surface area contributed by atoms with Crippen molar-refractivity contribution in [2.75, 3.05) is 26.7 Å². The normalized spacial score (nSPS) is 11.9. The Bertz CT molecular complexity index is 506. The quantitative estimate of drug-likeness (QED) is 0.247. The number of guanidine groups is 1. The number of ether oxygens (including phenoxy) is 1. The molecular weight excluding hydrogens is 419 g/mol. The second kappa shape index (κ2) is 12.9. The highest BCUT2D eigenvalue weighted by atomic mass is 127. The van der Waals surface area contributed by atoms with Crippen molar-refractivity contribution < 1.29 is 9.53 Å². The SMILES string of the molecule is CCNC(=NCCNC(=O)c1ccc(OC)cc1)NC(C)CC.I. The van der Waals surface area contributed by atoms with Gasteiger partial charge in [0.05, 0.1) is 13.7 Å². The Morgan fingerprint density at radius 2 is 1.88 bits per heavy atom. The first-order chi connectivity index (χ1) is 11.1. The number of amides is 1. The maximum atomic E-state index is 12.0. The van der Waals surface area contributed by atoms with E-state index in [4.69, 9.17) is 4.74 Å². The second-order valence-corrected chi connectivity index (χ2v) is 5.20. The molecule has 0 heterocycles. The predicted molar refractivity (Wildman–Crippen MR) is 110 cm³/mol.